The van der Waals surface area contributed by atoms with Crippen LogP contribution in [0, 0.1) is 0 Å². The molecule has 0 amide bonds. The quantitative estimate of drug-likeness (QED) is 0.841. The highest BCUT2D eigenvalue weighted by molar-refractivity contribution is 7.99. The van der Waals surface area contributed by atoms with E-state index in [2.05, 4.69) is 9.55 Å². The summed E-state index contributed by atoms with van der Waals surface area (Å²) >= 11 is 8.23. The summed E-state index contributed by atoms with van der Waals surface area (Å²) in [5, 5.41) is 0.638. The van der Waals surface area contributed by atoms with Crippen LogP contribution < -0.4 is 5.73 Å². The third-order valence-electron chi connectivity index (χ3n) is 3.53. The highest BCUT2D eigenvalue weighted by atomic mass is 35.5. The molecular formula is C11H16ClN3S. The van der Waals surface area contributed by atoms with E-state index in [0.29, 0.717) is 11.1 Å². The summed E-state index contributed by atoms with van der Waals surface area (Å²) in [5.74, 6) is 4.19. The topological polar surface area (TPSA) is 43.8 Å². The zero-order chi connectivity index (χ0) is 11.1. The van der Waals surface area contributed by atoms with Gasteiger partial charge in [0.05, 0.1) is 5.69 Å². The summed E-state index contributed by atoms with van der Waals surface area (Å²) < 4.78 is 2.28. The molecule has 0 spiro atoms. The summed E-state index contributed by atoms with van der Waals surface area (Å²) in [5.41, 5.74) is 7.18. The molecule has 2 aliphatic heterocycles. The van der Waals surface area contributed by atoms with Crippen LogP contribution in [0.3, 0.4) is 0 Å². The first kappa shape index (κ1) is 10.9. The average Bonchev–Trinajstić information content (AvgIpc) is 2.86. The van der Waals surface area contributed by atoms with Gasteiger partial charge >= 0.3 is 0 Å². The Bertz CT molecular complexity index is 398. The van der Waals surface area contributed by atoms with Crippen LogP contribution in [0.1, 0.15) is 42.7 Å². The maximum atomic E-state index is 6.22. The van der Waals surface area contributed by atoms with Crippen molar-refractivity contribution in [3.8, 4) is 0 Å². The van der Waals surface area contributed by atoms with Gasteiger partial charge in [-0.05, 0) is 25.0 Å². The minimum atomic E-state index is 0.0801. The Morgan fingerprint density at radius 3 is 3.06 bits per heavy atom. The number of thioether (sulfide) groups is 1. The number of imidazole rings is 1. The van der Waals surface area contributed by atoms with Gasteiger partial charge in [-0.25, -0.2) is 4.98 Å². The largest absolute Gasteiger partial charge is 0.329 e. The van der Waals surface area contributed by atoms with Crippen molar-refractivity contribution in [3.63, 3.8) is 0 Å². The molecule has 0 radical (unpaired) electrons. The number of aromatic nitrogens is 2. The molecule has 1 aromatic rings. The molecule has 0 aromatic carbocycles. The van der Waals surface area contributed by atoms with E-state index in [-0.39, 0.29) is 6.04 Å². The number of fused-ring (bicyclic) bond motifs is 1. The molecular weight excluding hydrogens is 242 g/mol. The van der Waals surface area contributed by atoms with E-state index in [4.69, 9.17) is 17.3 Å². The Labute approximate surface area is 105 Å². The summed E-state index contributed by atoms with van der Waals surface area (Å²) in [6.07, 6.45) is 3.41. The molecule has 2 atom stereocenters. The first-order chi connectivity index (χ1) is 7.77. The Kier molecular flexibility index (Phi) is 2.90. The van der Waals surface area contributed by atoms with Gasteiger partial charge in [0.15, 0.2) is 5.15 Å². The molecule has 1 aromatic heterocycles. The van der Waals surface area contributed by atoms with Gasteiger partial charge in [-0.1, -0.05) is 11.6 Å². The number of nitrogens with zero attached hydrogens (tertiary/aromatic N) is 2. The molecule has 2 unspecified atom stereocenters. The van der Waals surface area contributed by atoms with E-state index in [0.717, 1.165) is 25.1 Å². The van der Waals surface area contributed by atoms with Gasteiger partial charge in [0.2, 0.25) is 0 Å². The van der Waals surface area contributed by atoms with E-state index in [9.17, 15) is 0 Å². The van der Waals surface area contributed by atoms with Crippen molar-refractivity contribution in [3.05, 3.63) is 16.7 Å². The molecule has 0 bridgehead atoms. The van der Waals surface area contributed by atoms with Crippen LogP contribution in [0.2, 0.25) is 5.15 Å². The lowest BCUT2D eigenvalue weighted by Crippen LogP contribution is -2.23. The minimum Gasteiger partial charge on any atom is -0.329 e. The van der Waals surface area contributed by atoms with Crippen LogP contribution >= 0.6 is 23.4 Å². The maximum absolute atomic E-state index is 6.22. The Hall–Kier alpha value is -0.190. The van der Waals surface area contributed by atoms with Gasteiger partial charge in [-0.2, -0.15) is 11.8 Å². The summed E-state index contributed by atoms with van der Waals surface area (Å²) in [7, 11) is 0. The smallest absolute Gasteiger partial charge is 0.152 e. The van der Waals surface area contributed by atoms with E-state index in [1.807, 2.05) is 11.8 Å². The lowest BCUT2D eigenvalue weighted by Gasteiger charge is -2.23. The van der Waals surface area contributed by atoms with Crippen molar-refractivity contribution >= 4 is 23.4 Å². The minimum absolute atomic E-state index is 0.0801. The van der Waals surface area contributed by atoms with Crippen molar-refractivity contribution in [2.75, 3.05) is 11.5 Å². The van der Waals surface area contributed by atoms with Crippen molar-refractivity contribution in [2.24, 2.45) is 5.73 Å². The predicted molar refractivity (Wildman–Crippen MR) is 68.1 cm³/mol. The Balaban J connectivity index is 2.02. The van der Waals surface area contributed by atoms with E-state index in [1.165, 1.54) is 23.8 Å². The monoisotopic (exact) mass is 257 g/mol. The van der Waals surface area contributed by atoms with Crippen molar-refractivity contribution < 1.29 is 0 Å². The first-order valence-electron chi connectivity index (χ1n) is 5.86. The second-order valence-corrected chi connectivity index (χ2v) is 6.11. The zero-order valence-electron chi connectivity index (χ0n) is 9.16. The molecule has 0 aliphatic carbocycles. The molecule has 5 heteroatoms. The van der Waals surface area contributed by atoms with Crippen LogP contribution in [0.15, 0.2) is 0 Å². The molecule has 1 fully saturated rings. The molecule has 16 heavy (non-hydrogen) atoms. The van der Waals surface area contributed by atoms with Gasteiger partial charge in [0.1, 0.15) is 5.82 Å². The van der Waals surface area contributed by atoms with E-state index < -0.39 is 0 Å². The summed E-state index contributed by atoms with van der Waals surface area (Å²) in [6, 6.07) is 0.0801. The van der Waals surface area contributed by atoms with Crippen molar-refractivity contribution in [1.29, 1.82) is 0 Å². The molecule has 88 valence electrons. The molecule has 1 saturated heterocycles. The third kappa shape index (κ3) is 1.67. The van der Waals surface area contributed by atoms with Gasteiger partial charge in [0.25, 0.3) is 0 Å². The number of hydrogen-bond donors (Lipinski definition) is 1. The van der Waals surface area contributed by atoms with Crippen LogP contribution in [0.4, 0.5) is 0 Å². The fourth-order valence-corrected chi connectivity index (χ4v) is 4.24. The lowest BCUT2D eigenvalue weighted by atomic mass is 10.0. The molecule has 0 saturated carbocycles. The van der Waals surface area contributed by atoms with Crippen LogP contribution in [0.5, 0.6) is 0 Å². The lowest BCUT2D eigenvalue weighted by molar-refractivity contribution is 0.444. The van der Waals surface area contributed by atoms with Gasteiger partial charge < -0.3 is 10.3 Å². The number of rotatable bonds is 1. The summed E-state index contributed by atoms with van der Waals surface area (Å²) in [4.78, 5) is 4.56. The second-order valence-electron chi connectivity index (χ2n) is 4.61. The summed E-state index contributed by atoms with van der Waals surface area (Å²) in [6.45, 7) is 1.04. The van der Waals surface area contributed by atoms with Gasteiger partial charge in [0, 0.05) is 24.3 Å². The second kappa shape index (κ2) is 4.24. The molecule has 3 rings (SSSR count). The molecule has 3 nitrogen and oxygen atoms in total. The number of halogens is 1. The highest BCUT2D eigenvalue weighted by Crippen LogP contribution is 2.37. The Morgan fingerprint density at radius 1 is 1.44 bits per heavy atom. The van der Waals surface area contributed by atoms with Crippen molar-refractivity contribution in [2.45, 2.75) is 37.8 Å². The Morgan fingerprint density at radius 2 is 2.31 bits per heavy atom. The van der Waals surface area contributed by atoms with Crippen LogP contribution in [-0.4, -0.2) is 21.1 Å². The standard InChI is InChI=1S/C11H16ClN3S/c12-10-9-8(13)2-1-4-15(9)11(14-10)7-3-5-16-6-7/h7-8H,1-6,13H2. The first-order valence-corrected chi connectivity index (χ1v) is 7.40. The maximum Gasteiger partial charge on any atom is 0.152 e. The molecule has 3 heterocycles. The fourth-order valence-electron chi connectivity index (χ4n) is 2.70. The average molecular weight is 258 g/mol. The fraction of sp³-hybridized carbons (Fsp3) is 0.727. The predicted octanol–water partition coefficient (Wildman–Crippen LogP) is 2.55. The van der Waals surface area contributed by atoms with Crippen molar-refractivity contribution in [1.82, 2.24) is 9.55 Å². The van der Waals surface area contributed by atoms with Crippen LogP contribution in [0.25, 0.3) is 0 Å². The highest BCUT2D eigenvalue weighted by Gasteiger charge is 2.29. The van der Waals surface area contributed by atoms with Gasteiger partial charge in [-0.3, -0.25) is 0 Å². The normalized spacial score (nSPS) is 29.4. The SMILES string of the molecule is NC1CCCn2c(C3CCSC3)nc(Cl)c21. The van der Waals surface area contributed by atoms with E-state index >= 15 is 0 Å². The van der Waals surface area contributed by atoms with E-state index in [1.54, 1.807) is 0 Å². The zero-order valence-corrected chi connectivity index (χ0v) is 10.7. The third-order valence-corrected chi connectivity index (χ3v) is 4.97. The number of nitrogens with two attached hydrogens (primary N) is 1. The van der Waals surface area contributed by atoms with Crippen LogP contribution in [-0.2, 0) is 6.54 Å². The molecule has 2 N–H and O–H groups in total. The van der Waals surface area contributed by atoms with Gasteiger partial charge in [-0.15, -0.1) is 0 Å². The number of hydrogen-bond acceptors (Lipinski definition) is 3. The molecule has 2 aliphatic rings.